The Kier molecular flexibility index (Phi) is 14.3. The van der Waals surface area contributed by atoms with Gasteiger partial charge in [-0.3, -0.25) is 28.0 Å². The van der Waals surface area contributed by atoms with Crippen LogP contribution in [0, 0.1) is 6.92 Å². The molecular formula is C10H14Li3N2O13P3. The minimum Gasteiger partial charge on any atom is -0.756 e. The van der Waals surface area contributed by atoms with Gasteiger partial charge < -0.3 is 28.8 Å². The molecule has 1 aromatic heterocycles. The second-order valence-electron chi connectivity index (χ2n) is 5.59. The molecular weight excluding hydrogens is 470 g/mol. The Labute approximate surface area is 211 Å². The van der Waals surface area contributed by atoms with Crippen molar-refractivity contribution >= 4 is 23.5 Å². The molecule has 21 heteroatoms. The Hall–Kier alpha value is 0.842. The Balaban J connectivity index is 0. The van der Waals surface area contributed by atoms with E-state index in [1.54, 1.807) is 0 Å². The minimum absolute atomic E-state index is 0. The Morgan fingerprint density at radius 3 is 2.26 bits per heavy atom. The van der Waals surface area contributed by atoms with Crippen LogP contribution in [-0.4, -0.2) is 27.2 Å². The molecule has 2 N–H and O–H groups in total. The van der Waals surface area contributed by atoms with Crippen LogP contribution in [0.3, 0.4) is 0 Å². The molecule has 0 spiro atoms. The van der Waals surface area contributed by atoms with Crippen molar-refractivity contribution in [2.75, 3.05) is 6.61 Å². The monoisotopic (exact) mass is 484 g/mol. The van der Waals surface area contributed by atoms with Crippen LogP contribution >= 0.6 is 23.5 Å². The largest absolute Gasteiger partial charge is 1.00 e. The maximum atomic E-state index is 11.8. The standard InChI is InChI=1S/C10H17N2O13P3.3Li/c1-6-4-12(10(14)11-9(6)13)8-3-2-7(23-8)5-22-27(18,19)25-28(20,21)24-26(15,16)17;;;/h4,7-8H,2-3,5H2,1H3,(H,18,19)(H,20,21)(H,11,13,14)(H2,15,16,17);;;/q;3*+1/p-3/t7-,8+;;;/m0.../s1. The van der Waals surface area contributed by atoms with Crippen LogP contribution in [0.2, 0.25) is 0 Å². The van der Waals surface area contributed by atoms with E-state index in [1.807, 2.05) is 0 Å². The molecule has 15 nitrogen and oxygen atoms in total. The van der Waals surface area contributed by atoms with Gasteiger partial charge in [0.25, 0.3) is 29.0 Å². The normalized spacial score (nSPS) is 23.8. The molecule has 31 heavy (non-hydrogen) atoms. The Morgan fingerprint density at radius 1 is 1.13 bits per heavy atom. The average molecular weight is 484 g/mol. The van der Waals surface area contributed by atoms with Crippen LogP contribution in [0.15, 0.2) is 15.8 Å². The van der Waals surface area contributed by atoms with Crippen LogP contribution in [0.25, 0.3) is 0 Å². The van der Waals surface area contributed by atoms with Crippen molar-refractivity contribution in [2.45, 2.75) is 32.1 Å². The molecule has 0 saturated carbocycles. The molecule has 0 aromatic carbocycles. The Morgan fingerprint density at radius 2 is 1.71 bits per heavy atom. The number of aromatic nitrogens is 2. The zero-order valence-electron chi connectivity index (χ0n) is 17.0. The topological polar surface area (TPSA) is 232 Å². The predicted molar refractivity (Wildman–Crippen MR) is 82.4 cm³/mol. The second-order valence-corrected chi connectivity index (χ2v) is 9.88. The van der Waals surface area contributed by atoms with E-state index in [-0.39, 0.29) is 75.0 Å². The molecule has 160 valence electrons. The third-order valence-corrected chi connectivity index (χ3v) is 7.05. The summed E-state index contributed by atoms with van der Waals surface area (Å²) in [7, 11) is -17.4. The molecule has 2 heterocycles. The van der Waals surface area contributed by atoms with Gasteiger partial charge in [-0.25, -0.2) is 13.4 Å². The zero-order valence-corrected chi connectivity index (χ0v) is 19.7. The summed E-state index contributed by atoms with van der Waals surface area (Å²) in [5.41, 5.74) is -1.07. The average Bonchev–Trinajstić information content (AvgIpc) is 2.94. The first-order valence-corrected chi connectivity index (χ1v) is 11.8. The van der Waals surface area contributed by atoms with Crippen LogP contribution < -0.4 is 82.5 Å². The number of phosphoric ester groups is 1. The van der Waals surface area contributed by atoms with Crippen molar-refractivity contribution in [3.05, 3.63) is 32.6 Å². The molecule has 1 fully saturated rings. The predicted octanol–water partition coefficient (Wildman–Crippen LogP) is -11.0. The minimum atomic E-state index is -5.97. The summed E-state index contributed by atoms with van der Waals surface area (Å²) in [5, 5.41) is 0. The molecule has 0 aliphatic carbocycles. The number of ether oxygens (including phenoxy) is 1. The number of rotatable bonds is 8. The number of nitrogens with one attached hydrogen (secondary N) is 1. The van der Waals surface area contributed by atoms with Gasteiger partial charge in [-0.15, -0.1) is 0 Å². The fraction of sp³-hybridized carbons (Fsp3) is 0.600. The maximum Gasteiger partial charge on any atom is 1.00 e. The smallest absolute Gasteiger partial charge is 0.756 e. The number of aromatic amines is 1. The van der Waals surface area contributed by atoms with Gasteiger partial charge in [-0.05, 0) is 19.8 Å². The van der Waals surface area contributed by atoms with Gasteiger partial charge in [0.1, 0.15) is 6.23 Å². The van der Waals surface area contributed by atoms with Gasteiger partial charge in [0, 0.05) is 11.8 Å². The summed E-state index contributed by atoms with van der Waals surface area (Å²) < 4.78 is 50.4. The first-order valence-electron chi connectivity index (χ1n) is 7.38. The summed E-state index contributed by atoms with van der Waals surface area (Å²) >= 11 is 0. The summed E-state index contributed by atoms with van der Waals surface area (Å²) in [6.07, 6.45) is -0.0229. The second kappa shape index (κ2) is 13.1. The van der Waals surface area contributed by atoms with Crippen LogP contribution in [0.4, 0.5) is 0 Å². The van der Waals surface area contributed by atoms with E-state index in [9.17, 15) is 38.0 Å². The van der Waals surface area contributed by atoms with Crippen molar-refractivity contribution in [3.8, 4) is 0 Å². The van der Waals surface area contributed by atoms with Crippen LogP contribution in [-0.2, 0) is 31.6 Å². The summed E-state index contributed by atoms with van der Waals surface area (Å²) in [6, 6.07) is 0. The summed E-state index contributed by atoms with van der Waals surface area (Å²) in [5.74, 6) is 0. The molecule has 3 unspecified atom stereocenters. The molecule has 1 aliphatic rings. The third kappa shape index (κ3) is 11.2. The van der Waals surface area contributed by atoms with Crippen molar-refractivity contribution in [2.24, 2.45) is 0 Å². The fourth-order valence-corrected chi connectivity index (χ4v) is 5.19. The molecule has 0 bridgehead atoms. The van der Waals surface area contributed by atoms with E-state index in [0.717, 1.165) is 4.57 Å². The van der Waals surface area contributed by atoms with Gasteiger partial charge in [-0.2, -0.15) is 0 Å². The van der Waals surface area contributed by atoms with E-state index >= 15 is 0 Å². The molecule has 1 aromatic rings. The van der Waals surface area contributed by atoms with Gasteiger partial charge in [0.05, 0.1) is 12.7 Å². The molecule has 0 amide bonds. The SMILES string of the molecule is Cc1cn([C@H]2CC[C@@H](COP(=O)([O-])OP(=O)([O-])OP(=O)([O-])O)O2)c(=O)[nH]c1=O.[Li+].[Li+].[Li+]. The van der Waals surface area contributed by atoms with Crippen molar-refractivity contribution in [3.63, 3.8) is 0 Å². The quantitative estimate of drug-likeness (QED) is 0.258. The van der Waals surface area contributed by atoms with E-state index < -0.39 is 53.7 Å². The number of phosphoric acid groups is 3. The van der Waals surface area contributed by atoms with E-state index in [1.165, 1.54) is 13.1 Å². The fourth-order valence-electron chi connectivity index (χ4n) is 2.28. The van der Waals surface area contributed by atoms with Gasteiger partial charge in [-0.1, -0.05) is 0 Å². The number of nitrogens with zero attached hydrogens (tertiary/aromatic N) is 1. The van der Waals surface area contributed by atoms with E-state index in [2.05, 4.69) is 18.1 Å². The molecule has 0 radical (unpaired) electrons. The number of H-pyrrole nitrogens is 1. The number of aryl methyl sites for hydroxylation is 1. The van der Waals surface area contributed by atoms with E-state index in [4.69, 9.17) is 9.63 Å². The van der Waals surface area contributed by atoms with Gasteiger partial charge in [0.2, 0.25) is 0 Å². The summed E-state index contributed by atoms with van der Waals surface area (Å²) in [6.45, 7) is 0.744. The van der Waals surface area contributed by atoms with Crippen molar-refractivity contribution in [1.82, 2.24) is 9.55 Å². The van der Waals surface area contributed by atoms with Crippen LogP contribution in [0.1, 0.15) is 24.6 Å². The van der Waals surface area contributed by atoms with Gasteiger partial charge in [0.15, 0.2) is 0 Å². The molecule has 1 aliphatic heterocycles. The number of hydrogen-bond acceptors (Lipinski definition) is 12. The number of hydrogen-bond donors (Lipinski definition) is 2. The van der Waals surface area contributed by atoms with Gasteiger partial charge >= 0.3 is 62.3 Å². The van der Waals surface area contributed by atoms with E-state index in [0.29, 0.717) is 0 Å². The van der Waals surface area contributed by atoms with Crippen molar-refractivity contribution in [1.29, 1.82) is 0 Å². The molecule has 5 atom stereocenters. The third-order valence-electron chi connectivity index (χ3n) is 3.36. The maximum absolute atomic E-state index is 11.8. The summed E-state index contributed by atoms with van der Waals surface area (Å²) in [4.78, 5) is 66.4. The van der Waals surface area contributed by atoms with Crippen LogP contribution in [0.5, 0.6) is 0 Å². The molecule has 1 saturated heterocycles. The Bertz CT molecular complexity index is 994. The zero-order chi connectivity index (χ0) is 21.3. The molecule has 2 rings (SSSR count). The first kappa shape index (κ1) is 34.0. The van der Waals surface area contributed by atoms with Crippen molar-refractivity contribution < 1.29 is 108 Å². The first-order chi connectivity index (χ1) is 12.7.